The zero-order chi connectivity index (χ0) is 20.1. The Morgan fingerprint density at radius 1 is 1.11 bits per heavy atom. The van der Waals surface area contributed by atoms with Crippen molar-refractivity contribution >= 4 is 46.7 Å². The number of carbonyl (C=O) groups excluding carboxylic acids is 3. The maximum atomic E-state index is 12.5. The third kappa shape index (κ3) is 4.98. The van der Waals surface area contributed by atoms with Crippen LogP contribution in [-0.4, -0.2) is 28.8 Å². The number of anilines is 2. The first kappa shape index (κ1) is 19.6. The van der Waals surface area contributed by atoms with Gasteiger partial charge >= 0.3 is 0 Å². The fourth-order valence-electron chi connectivity index (χ4n) is 2.62. The molecule has 2 aromatic carbocycles. The van der Waals surface area contributed by atoms with E-state index in [4.69, 9.17) is 0 Å². The van der Waals surface area contributed by atoms with Gasteiger partial charge in [-0.2, -0.15) is 10.1 Å². The summed E-state index contributed by atoms with van der Waals surface area (Å²) in [5.41, 5.74) is 1.34. The number of carbonyl (C=O) groups is 3. The van der Waals surface area contributed by atoms with Crippen molar-refractivity contribution in [1.29, 1.82) is 0 Å². The molecule has 1 heterocycles. The first-order valence-electron chi connectivity index (χ1n) is 8.73. The van der Waals surface area contributed by atoms with Gasteiger partial charge in [-0.15, -0.1) is 11.8 Å². The second-order valence-electron chi connectivity index (χ2n) is 6.22. The molecule has 0 radical (unpaired) electrons. The Kier molecular flexibility index (Phi) is 6.10. The van der Waals surface area contributed by atoms with Gasteiger partial charge in [0, 0.05) is 17.5 Å². The van der Waals surface area contributed by atoms with Crippen LogP contribution in [-0.2, 0) is 14.4 Å². The Bertz CT molecular complexity index is 930. The molecule has 144 valence electrons. The number of thioether (sulfide) groups is 1. The van der Waals surface area contributed by atoms with Gasteiger partial charge in [0.2, 0.25) is 11.8 Å². The van der Waals surface area contributed by atoms with E-state index in [0.29, 0.717) is 17.2 Å². The highest BCUT2D eigenvalue weighted by atomic mass is 32.2. The predicted molar refractivity (Wildman–Crippen MR) is 110 cm³/mol. The molecule has 0 aromatic heterocycles. The van der Waals surface area contributed by atoms with E-state index in [9.17, 15) is 14.4 Å². The summed E-state index contributed by atoms with van der Waals surface area (Å²) in [6, 6.07) is 16.3. The fourth-order valence-corrected chi connectivity index (χ4v) is 3.55. The topological polar surface area (TPSA) is 90.9 Å². The third-order valence-electron chi connectivity index (χ3n) is 3.88. The summed E-state index contributed by atoms with van der Waals surface area (Å²) in [5.74, 6) is -0.251. The molecule has 1 atom stereocenters. The lowest BCUT2D eigenvalue weighted by atomic mass is 10.3. The summed E-state index contributed by atoms with van der Waals surface area (Å²) in [6.45, 7) is 3.22. The number of nitrogens with zero attached hydrogens (tertiary/aromatic N) is 2. The SMILES string of the molecule is CC(=O)Nc1cccc(SC(C)C(=O)NC2=NN(c3ccccc3)C(=O)C2)c1. The van der Waals surface area contributed by atoms with Crippen LogP contribution >= 0.6 is 11.8 Å². The van der Waals surface area contributed by atoms with Gasteiger partial charge in [-0.3, -0.25) is 14.4 Å². The maximum absolute atomic E-state index is 12.5. The standard InChI is InChI=1S/C20H20N4O3S/c1-13(28-17-10-6-7-15(11-17)21-14(2)25)20(27)22-18-12-19(26)24(23-18)16-8-4-3-5-9-16/h3-11,13H,12H2,1-2H3,(H,21,25)(H,22,23,27). The van der Waals surface area contributed by atoms with Crippen molar-refractivity contribution in [3.05, 3.63) is 54.6 Å². The molecule has 2 N–H and O–H groups in total. The Morgan fingerprint density at radius 3 is 2.57 bits per heavy atom. The predicted octanol–water partition coefficient (Wildman–Crippen LogP) is 2.99. The Morgan fingerprint density at radius 2 is 1.86 bits per heavy atom. The van der Waals surface area contributed by atoms with E-state index in [1.165, 1.54) is 23.7 Å². The largest absolute Gasteiger partial charge is 0.326 e. The van der Waals surface area contributed by atoms with Gasteiger partial charge in [0.05, 0.1) is 17.4 Å². The summed E-state index contributed by atoms with van der Waals surface area (Å²) in [7, 11) is 0. The monoisotopic (exact) mass is 396 g/mol. The number of hydrogen-bond acceptors (Lipinski definition) is 5. The quantitative estimate of drug-likeness (QED) is 0.760. The van der Waals surface area contributed by atoms with Crippen molar-refractivity contribution in [1.82, 2.24) is 5.32 Å². The second-order valence-corrected chi connectivity index (χ2v) is 7.64. The highest BCUT2D eigenvalue weighted by Gasteiger charge is 2.27. The van der Waals surface area contributed by atoms with Crippen LogP contribution < -0.4 is 15.6 Å². The van der Waals surface area contributed by atoms with Crippen molar-refractivity contribution in [2.75, 3.05) is 10.3 Å². The van der Waals surface area contributed by atoms with E-state index in [1.54, 1.807) is 25.1 Å². The van der Waals surface area contributed by atoms with E-state index in [-0.39, 0.29) is 24.1 Å². The Balaban J connectivity index is 1.62. The Hall–Kier alpha value is -3.13. The van der Waals surface area contributed by atoms with Gasteiger partial charge in [0.1, 0.15) is 5.84 Å². The highest BCUT2D eigenvalue weighted by Crippen LogP contribution is 2.26. The molecule has 28 heavy (non-hydrogen) atoms. The average Bonchev–Trinajstić information content (AvgIpc) is 3.02. The van der Waals surface area contributed by atoms with Crippen molar-refractivity contribution in [3.8, 4) is 0 Å². The minimum absolute atomic E-state index is 0.0516. The number of rotatable bonds is 5. The van der Waals surface area contributed by atoms with Crippen molar-refractivity contribution in [2.45, 2.75) is 30.4 Å². The lowest BCUT2D eigenvalue weighted by Gasteiger charge is -2.12. The normalized spacial score (nSPS) is 14.4. The molecule has 1 unspecified atom stereocenters. The molecule has 0 bridgehead atoms. The summed E-state index contributed by atoms with van der Waals surface area (Å²) in [6.07, 6.45) is 0.0516. The van der Waals surface area contributed by atoms with E-state index in [2.05, 4.69) is 15.7 Å². The minimum Gasteiger partial charge on any atom is -0.326 e. The number of para-hydroxylation sites is 1. The summed E-state index contributed by atoms with van der Waals surface area (Å²) >= 11 is 1.36. The van der Waals surface area contributed by atoms with E-state index in [1.807, 2.05) is 36.4 Å². The number of benzene rings is 2. The van der Waals surface area contributed by atoms with Gasteiger partial charge in [-0.25, -0.2) is 0 Å². The van der Waals surface area contributed by atoms with Crippen molar-refractivity contribution in [2.24, 2.45) is 5.10 Å². The van der Waals surface area contributed by atoms with Crippen LogP contribution in [0.15, 0.2) is 64.6 Å². The number of hydrazone groups is 1. The highest BCUT2D eigenvalue weighted by molar-refractivity contribution is 8.00. The van der Waals surface area contributed by atoms with Gasteiger partial charge in [0.25, 0.3) is 5.91 Å². The minimum atomic E-state index is -0.406. The molecule has 7 nitrogen and oxygen atoms in total. The first-order chi connectivity index (χ1) is 13.4. The average molecular weight is 396 g/mol. The third-order valence-corrected chi connectivity index (χ3v) is 4.97. The lowest BCUT2D eigenvalue weighted by molar-refractivity contribution is -0.119. The fraction of sp³-hybridized carbons (Fsp3) is 0.200. The molecule has 0 spiro atoms. The molecule has 0 fully saturated rings. The smallest absolute Gasteiger partial charge is 0.255 e. The zero-order valence-corrected chi connectivity index (χ0v) is 16.3. The number of hydrogen-bond donors (Lipinski definition) is 2. The molecular weight excluding hydrogens is 376 g/mol. The molecule has 2 aromatic rings. The van der Waals surface area contributed by atoms with Crippen molar-refractivity contribution in [3.63, 3.8) is 0 Å². The molecule has 1 aliphatic rings. The van der Waals surface area contributed by atoms with Crippen LogP contribution in [0.5, 0.6) is 0 Å². The van der Waals surface area contributed by atoms with E-state index < -0.39 is 5.25 Å². The van der Waals surface area contributed by atoms with Gasteiger partial charge < -0.3 is 10.6 Å². The van der Waals surface area contributed by atoms with Crippen LogP contribution in [0.2, 0.25) is 0 Å². The maximum Gasteiger partial charge on any atom is 0.255 e. The molecule has 3 rings (SSSR count). The number of amides is 3. The van der Waals surface area contributed by atoms with Crippen LogP contribution in [0.25, 0.3) is 0 Å². The van der Waals surface area contributed by atoms with Crippen LogP contribution in [0.3, 0.4) is 0 Å². The van der Waals surface area contributed by atoms with Crippen molar-refractivity contribution < 1.29 is 14.4 Å². The first-order valence-corrected chi connectivity index (χ1v) is 9.61. The van der Waals surface area contributed by atoms with E-state index >= 15 is 0 Å². The van der Waals surface area contributed by atoms with Crippen LogP contribution in [0.1, 0.15) is 20.3 Å². The molecule has 0 aliphatic carbocycles. The number of amidine groups is 1. The number of nitrogens with one attached hydrogen (secondary N) is 2. The van der Waals surface area contributed by atoms with Gasteiger partial charge in [-0.1, -0.05) is 24.3 Å². The summed E-state index contributed by atoms with van der Waals surface area (Å²) in [4.78, 5) is 36.7. The molecular formula is C20H20N4O3S. The summed E-state index contributed by atoms with van der Waals surface area (Å²) < 4.78 is 0. The summed E-state index contributed by atoms with van der Waals surface area (Å²) in [5, 5.41) is 10.6. The Labute approximate surface area is 167 Å². The van der Waals surface area contributed by atoms with Gasteiger partial charge in [-0.05, 0) is 37.3 Å². The molecule has 8 heteroatoms. The van der Waals surface area contributed by atoms with Crippen LogP contribution in [0, 0.1) is 0 Å². The van der Waals surface area contributed by atoms with E-state index in [0.717, 1.165) is 4.90 Å². The zero-order valence-electron chi connectivity index (χ0n) is 15.5. The molecule has 0 saturated carbocycles. The lowest BCUT2D eigenvalue weighted by Crippen LogP contribution is -2.35. The van der Waals surface area contributed by atoms with Gasteiger partial charge in [0.15, 0.2) is 0 Å². The molecule has 0 saturated heterocycles. The molecule has 1 aliphatic heterocycles. The van der Waals surface area contributed by atoms with Crippen LogP contribution in [0.4, 0.5) is 11.4 Å². The molecule has 3 amide bonds. The second kappa shape index (κ2) is 8.71.